The summed E-state index contributed by atoms with van der Waals surface area (Å²) in [5.41, 5.74) is 1.96. The number of benzene rings is 2. The normalized spacial score (nSPS) is 14.2. The molecule has 1 saturated carbocycles. The highest BCUT2D eigenvalue weighted by atomic mass is 35.5. The second-order valence-corrected chi connectivity index (χ2v) is 8.32. The van der Waals surface area contributed by atoms with Crippen molar-refractivity contribution in [3.05, 3.63) is 64.7 Å². The Hall–Kier alpha value is -2.77. The van der Waals surface area contributed by atoms with E-state index in [0.29, 0.717) is 17.1 Å². The van der Waals surface area contributed by atoms with E-state index in [1.165, 1.54) is 0 Å². The number of carbonyl (C=O) groups is 2. The molecule has 3 rings (SSSR count). The first kappa shape index (κ1) is 25.5. The Balaban J connectivity index is 0.00000176. The monoisotopic (exact) mass is 452 g/mol. The zero-order valence-electron chi connectivity index (χ0n) is 19.5. The van der Waals surface area contributed by atoms with Gasteiger partial charge in [0.05, 0.1) is 22.7 Å². The summed E-state index contributed by atoms with van der Waals surface area (Å²) >= 11 is 6.49. The molecule has 0 aliphatic heterocycles. The Labute approximate surface area is 197 Å². The molecule has 2 aromatic carbocycles. The van der Waals surface area contributed by atoms with Gasteiger partial charge in [0.25, 0.3) is 0 Å². The lowest BCUT2D eigenvalue weighted by molar-refractivity contribution is -0.128. The molecule has 5 heteroatoms. The molecule has 1 aliphatic rings. The zero-order chi connectivity index (χ0) is 23.6. The fourth-order valence-electron chi connectivity index (χ4n) is 4.03. The first-order valence-corrected chi connectivity index (χ1v) is 11.6. The summed E-state index contributed by atoms with van der Waals surface area (Å²) in [4.78, 5) is 27.8. The lowest BCUT2D eigenvalue weighted by atomic mass is 9.78. The van der Waals surface area contributed by atoms with Crippen molar-refractivity contribution in [2.75, 3.05) is 19.0 Å². The molecule has 0 radical (unpaired) electrons. The summed E-state index contributed by atoms with van der Waals surface area (Å²) in [5, 5.41) is 0.479. The zero-order valence-corrected chi connectivity index (χ0v) is 20.3. The Bertz CT molecular complexity index is 957. The molecule has 2 amide bonds. The van der Waals surface area contributed by atoms with Crippen LogP contribution in [0.15, 0.2) is 48.5 Å². The van der Waals surface area contributed by atoms with Crippen LogP contribution in [0, 0.1) is 11.8 Å². The van der Waals surface area contributed by atoms with Gasteiger partial charge >= 0.3 is 0 Å². The van der Waals surface area contributed by atoms with Gasteiger partial charge in [0, 0.05) is 25.2 Å². The van der Waals surface area contributed by atoms with Crippen LogP contribution in [0.1, 0.15) is 63.5 Å². The van der Waals surface area contributed by atoms with Crippen molar-refractivity contribution in [2.45, 2.75) is 57.9 Å². The van der Waals surface area contributed by atoms with E-state index < -0.39 is 5.54 Å². The minimum Gasteiger partial charge on any atom is -0.342 e. The van der Waals surface area contributed by atoms with Crippen LogP contribution in [-0.4, -0.2) is 36.9 Å². The molecule has 0 aromatic heterocycles. The van der Waals surface area contributed by atoms with E-state index >= 15 is 0 Å². The third-order valence-electron chi connectivity index (χ3n) is 5.98. The van der Waals surface area contributed by atoms with Crippen molar-refractivity contribution in [3.8, 4) is 11.8 Å². The minimum absolute atomic E-state index is 0.0457. The first-order chi connectivity index (χ1) is 15.4. The van der Waals surface area contributed by atoms with Crippen molar-refractivity contribution in [1.29, 1.82) is 0 Å². The summed E-state index contributed by atoms with van der Waals surface area (Å²) in [6.07, 6.45) is 6.05. The average Bonchev–Trinajstić information content (AvgIpc) is 2.84. The smallest absolute Gasteiger partial charge is 0.229 e. The maximum Gasteiger partial charge on any atom is 0.229 e. The standard InChI is InChI=1S/C25H27ClN2O2.C2H6/c1-27(19-29)25(15-7-4-8-16-25)18-24(30)28(2)23-14-13-21(17-22(23)26)12-11-20-9-5-3-6-10-20;1-2/h3,5-6,9-10,13-14,17,19H,4,7-8,15-16,18H2,1-2H3;1-2H3. The molecule has 0 unspecified atom stereocenters. The van der Waals surface area contributed by atoms with Crippen LogP contribution in [0.25, 0.3) is 0 Å². The Kier molecular flexibility index (Phi) is 9.81. The molecule has 4 nitrogen and oxygen atoms in total. The lowest BCUT2D eigenvalue weighted by Crippen LogP contribution is -2.50. The predicted molar refractivity (Wildman–Crippen MR) is 133 cm³/mol. The maximum absolute atomic E-state index is 13.1. The quantitative estimate of drug-likeness (QED) is 0.418. The molecular weight excluding hydrogens is 420 g/mol. The van der Waals surface area contributed by atoms with Crippen molar-refractivity contribution in [2.24, 2.45) is 0 Å². The van der Waals surface area contributed by atoms with Gasteiger partial charge in [-0.2, -0.15) is 0 Å². The van der Waals surface area contributed by atoms with E-state index in [9.17, 15) is 9.59 Å². The highest BCUT2D eigenvalue weighted by Crippen LogP contribution is 2.36. The fraction of sp³-hybridized carbons (Fsp3) is 0.407. The van der Waals surface area contributed by atoms with E-state index in [2.05, 4.69) is 11.8 Å². The largest absolute Gasteiger partial charge is 0.342 e. The van der Waals surface area contributed by atoms with Gasteiger partial charge in [-0.1, -0.05) is 74.8 Å². The fourth-order valence-corrected chi connectivity index (χ4v) is 4.34. The van der Waals surface area contributed by atoms with E-state index in [4.69, 9.17) is 11.6 Å². The summed E-state index contributed by atoms with van der Waals surface area (Å²) in [7, 11) is 3.51. The Morgan fingerprint density at radius 3 is 2.22 bits per heavy atom. The minimum atomic E-state index is -0.404. The van der Waals surface area contributed by atoms with Gasteiger partial charge in [-0.05, 0) is 43.2 Å². The molecule has 2 aromatic rings. The number of halogens is 1. The number of hydrogen-bond acceptors (Lipinski definition) is 2. The maximum atomic E-state index is 13.1. The molecule has 0 saturated heterocycles. The number of anilines is 1. The van der Waals surface area contributed by atoms with Crippen LogP contribution in [0.3, 0.4) is 0 Å². The van der Waals surface area contributed by atoms with Crippen molar-refractivity contribution in [1.82, 2.24) is 4.90 Å². The number of nitrogens with zero attached hydrogens (tertiary/aromatic N) is 2. The predicted octanol–water partition coefficient (Wildman–Crippen LogP) is 5.91. The van der Waals surface area contributed by atoms with Gasteiger partial charge in [-0.15, -0.1) is 0 Å². The lowest BCUT2D eigenvalue weighted by Gasteiger charge is -2.43. The Morgan fingerprint density at radius 1 is 1.00 bits per heavy atom. The number of carbonyl (C=O) groups excluding carboxylic acids is 2. The highest BCUT2D eigenvalue weighted by Gasteiger charge is 2.38. The van der Waals surface area contributed by atoms with Gasteiger partial charge < -0.3 is 9.80 Å². The van der Waals surface area contributed by atoms with Crippen LogP contribution in [0.5, 0.6) is 0 Å². The highest BCUT2D eigenvalue weighted by molar-refractivity contribution is 6.34. The number of hydrogen-bond donors (Lipinski definition) is 0. The second-order valence-electron chi connectivity index (χ2n) is 7.91. The van der Waals surface area contributed by atoms with Crippen LogP contribution >= 0.6 is 11.6 Å². The summed E-state index contributed by atoms with van der Waals surface area (Å²) in [6, 6.07) is 15.2. The molecule has 0 N–H and O–H groups in total. The van der Waals surface area contributed by atoms with Gasteiger partial charge in [-0.3, -0.25) is 9.59 Å². The van der Waals surface area contributed by atoms with Gasteiger partial charge in [0.2, 0.25) is 12.3 Å². The first-order valence-electron chi connectivity index (χ1n) is 11.3. The molecule has 0 spiro atoms. The summed E-state index contributed by atoms with van der Waals surface area (Å²) < 4.78 is 0. The van der Waals surface area contributed by atoms with Crippen molar-refractivity contribution < 1.29 is 9.59 Å². The molecule has 1 fully saturated rings. The van der Waals surface area contributed by atoms with E-state index in [1.54, 1.807) is 30.0 Å². The van der Waals surface area contributed by atoms with Crippen molar-refractivity contribution >= 4 is 29.6 Å². The summed E-state index contributed by atoms with van der Waals surface area (Å²) in [6.45, 7) is 4.00. The number of rotatable bonds is 5. The van der Waals surface area contributed by atoms with E-state index in [-0.39, 0.29) is 5.91 Å². The van der Waals surface area contributed by atoms with Crippen LogP contribution in [0.2, 0.25) is 5.02 Å². The molecule has 0 atom stereocenters. The molecule has 0 heterocycles. The van der Waals surface area contributed by atoms with Crippen LogP contribution in [0.4, 0.5) is 5.69 Å². The Morgan fingerprint density at radius 2 is 1.62 bits per heavy atom. The molecular formula is C27H33ClN2O2. The molecule has 1 aliphatic carbocycles. The topological polar surface area (TPSA) is 40.6 Å². The van der Waals surface area contributed by atoms with Crippen LogP contribution in [-0.2, 0) is 9.59 Å². The second kappa shape index (κ2) is 12.3. The van der Waals surface area contributed by atoms with Crippen molar-refractivity contribution in [3.63, 3.8) is 0 Å². The van der Waals surface area contributed by atoms with E-state index in [0.717, 1.165) is 49.6 Å². The number of amides is 2. The van der Waals surface area contributed by atoms with Gasteiger partial charge in [0.1, 0.15) is 0 Å². The molecule has 170 valence electrons. The van der Waals surface area contributed by atoms with Crippen LogP contribution < -0.4 is 4.90 Å². The summed E-state index contributed by atoms with van der Waals surface area (Å²) in [5.74, 6) is 6.17. The van der Waals surface area contributed by atoms with Gasteiger partial charge in [-0.25, -0.2) is 0 Å². The van der Waals surface area contributed by atoms with E-state index in [1.807, 2.05) is 56.3 Å². The third kappa shape index (κ3) is 6.37. The average molecular weight is 453 g/mol. The molecule has 0 bridgehead atoms. The molecule has 32 heavy (non-hydrogen) atoms. The third-order valence-corrected chi connectivity index (χ3v) is 6.28. The van der Waals surface area contributed by atoms with Gasteiger partial charge in [0.15, 0.2) is 0 Å². The SMILES string of the molecule is CC.CN(C(=O)CC1(N(C)C=O)CCCCC1)c1ccc(C#Cc2ccccc2)cc1Cl.